The average Bonchev–Trinajstić information content (AvgIpc) is 2.38. The third-order valence-corrected chi connectivity index (χ3v) is 4.30. The van der Waals surface area contributed by atoms with E-state index in [1.807, 2.05) is 19.1 Å². The van der Waals surface area contributed by atoms with Crippen molar-refractivity contribution in [1.82, 2.24) is 0 Å². The molecule has 1 aromatic rings. The van der Waals surface area contributed by atoms with Gasteiger partial charge in [-0.15, -0.1) is 0 Å². The molecule has 0 bridgehead atoms. The molecule has 3 nitrogen and oxygen atoms in total. The first-order valence-electron chi connectivity index (χ1n) is 6.59. The van der Waals surface area contributed by atoms with Crippen molar-refractivity contribution in [2.45, 2.75) is 44.4 Å². The van der Waals surface area contributed by atoms with E-state index in [-0.39, 0.29) is 0 Å². The Morgan fingerprint density at radius 2 is 1.95 bits per heavy atom. The summed E-state index contributed by atoms with van der Waals surface area (Å²) in [6.45, 7) is 1.92. The first-order valence-corrected chi connectivity index (χ1v) is 6.97. The Balaban J connectivity index is 2.62. The molecule has 0 amide bonds. The number of carbonyl (C=O) groups is 1. The molecule has 0 aliphatic heterocycles. The van der Waals surface area contributed by atoms with Crippen molar-refractivity contribution in [1.29, 1.82) is 0 Å². The molecule has 1 aliphatic rings. The van der Waals surface area contributed by atoms with Crippen LogP contribution in [0.15, 0.2) is 12.1 Å². The van der Waals surface area contributed by atoms with Gasteiger partial charge >= 0.3 is 5.97 Å². The molecule has 0 unspecified atom stereocenters. The monoisotopic (exact) mass is 282 g/mol. The number of carboxylic acids is 1. The number of carboxylic acid groups (broad SMARTS) is 1. The van der Waals surface area contributed by atoms with Crippen molar-refractivity contribution in [3.8, 4) is 5.75 Å². The van der Waals surface area contributed by atoms with Crippen LogP contribution in [0.1, 0.15) is 43.2 Å². The van der Waals surface area contributed by atoms with E-state index >= 15 is 0 Å². The van der Waals surface area contributed by atoms with Gasteiger partial charge in [0.05, 0.1) is 17.5 Å². The second kappa shape index (κ2) is 5.41. The fourth-order valence-corrected chi connectivity index (χ4v) is 3.40. The number of rotatable bonds is 3. The van der Waals surface area contributed by atoms with Crippen molar-refractivity contribution in [3.05, 3.63) is 28.3 Å². The minimum absolute atomic E-state index is 0.490. The number of methoxy groups -OCH3 is 1. The maximum absolute atomic E-state index is 11.9. The Labute approximate surface area is 118 Å². The summed E-state index contributed by atoms with van der Waals surface area (Å²) in [4.78, 5) is 11.9. The molecule has 0 spiro atoms. The first kappa shape index (κ1) is 14.2. The van der Waals surface area contributed by atoms with E-state index in [1.165, 1.54) is 0 Å². The van der Waals surface area contributed by atoms with E-state index in [0.29, 0.717) is 23.6 Å². The topological polar surface area (TPSA) is 46.5 Å². The zero-order chi connectivity index (χ0) is 14.0. The Morgan fingerprint density at radius 3 is 2.47 bits per heavy atom. The number of aryl methyl sites for hydroxylation is 1. The molecule has 0 atom stereocenters. The molecule has 1 saturated carbocycles. The van der Waals surface area contributed by atoms with Crippen LogP contribution in [0.3, 0.4) is 0 Å². The zero-order valence-corrected chi connectivity index (χ0v) is 12.1. The molecule has 1 aliphatic carbocycles. The van der Waals surface area contributed by atoms with Crippen LogP contribution >= 0.6 is 11.6 Å². The molecule has 104 valence electrons. The third-order valence-electron chi connectivity index (χ3n) is 4.02. The summed E-state index contributed by atoms with van der Waals surface area (Å²) in [6, 6.07) is 3.71. The number of aliphatic carboxylic acids is 1. The van der Waals surface area contributed by atoms with Crippen molar-refractivity contribution >= 4 is 17.6 Å². The van der Waals surface area contributed by atoms with Crippen LogP contribution in [-0.4, -0.2) is 18.2 Å². The highest BCUT2D eigenvalue weighted by molar-refractivity contribution is 6.32. The molecule has 0 radical (unpaired) electrons. The van der Waals surface area contributed by atoms with Gasteiger partial charge in [0.1, 0.15) is 5.75 Å². The number of ether oxygens (including phenoxy) is 1. The standard InChI is InChI=1S/C15H19ClO3/c1-10-8-11(13(19-2)12(16)9-10)15(14(17)18)6-4-3-5-7-15/h8-9H,3-7H2,1-2H3,(H,17,18). The highest BCUT2D eigenvalue weighted by atomic mass is 35.5. The summed E-state index contributed by atoms with van der Waals surface area (Å²) in [5.41, 5.74) is 0.846. The van der Waals surface area contributed by atoms with Gasteiger partial charge in [-0.25, -0.2) is 0 Å². The van der Waals surface area contributed by atoms with Crippen molar-refractivity contribution in [2.24, 2.45) is 0 Å². The zero-order valence-electron chi connectivity index (χ0n) is 11.3. The molecule has 1 N–H and O–H groups in total. The van der Waals surface area contributed by atoms with Crippen molar-refractivity contribution in [3.63, 3.8) is 0 Å². The number of halogens is 1. The van der Waals surface area contributed by atoms with E-state index in [1.54, 1.807) is 7.11 Å². The summed E-state index contributed by atoms with van der Waals surface area (Å²) in [7, 11) is 1.54. The van der Waals surface area contributed by atoms with Crippen LogP contribution in [0.25, 0.3) is 0 Å². The van der Waals surface area contributed by atoms with Gasteiger partial charge in [-0.3, -0.25) is 4.79 Å². The minimum atomic E-state index is -0.848. The Hall–Kier alpha value is -1.22. The lowest BCUT2D eigenvalue weighted by Gasteiger charge is -2.35. The van der Waals surface area contributed by atoms with Gasteiger partial charge in [-0.2, -0.15) is 0 Å². The van der Waals surface area contributed by atoms with Gasteiger partial charge in [0.25, 0.3) is 0 Å². The minimum Gasteiger partial charge on any atom is -0.495 e. The molecule has 1 aromatic carbocycles. The van der Waals surface area contributed by atoms with Crippen LogP contribution < -0.4 is 4.74 Å². The van der Waals surface area contributed by atoms with Gasteiger partial charge in [-0.05, 0) is 31.4 Å². The fraction of sp³-hybridized carbons (Fsp3) is 0.533. The molecular weight excluding hydrogens is 264 g/mol. The van der Waals surface area contributed by atoms with E-state index < -0.39 is 11.4 Å². The van der Waals surface area contributed by atoms with Gasteiger partial charge in [-0.1, -0.05) is 36.9 Å². The second-order valence-corrected chi connectivity index (χ2v) is 5.68. The lowest BCUT2D eigenvalue weighted by molar-refractivity contribution is -0.145. The van der Waals surface area contributed by atoms with Gasteiger partial charge < -0.3 is 9.84 Å². The molecular formula is C15H19ClO3. The van der Waals surface area contributed by atoms with Crippen LogP contribution in [0.5, 0.6) is 5.75 Å². The summed E-state index contributed by atoms with van der Waals surface area (Å²) in [6.07, 6.45) is 4.26. The summed E-state index contributed by atoms with van der Waals surface area (Å²) in [5, 5.41) is 10.2. The lowest BCUT2D eigenvalue weighted by atomic mass is 9.69. The van der Waals surface area contributed by atoms with E-state index in [4.69, 9.17) is 16.3 Å². The average molecular weight is 283 g/mol. The van der Waals surface area contributed by atoms with Crippen LogP contribution in [0.2, 0.25) is 5.02 Å². The molecule has 2 rings (SSSR count). The quantitative estimate of drug-likeness (QED) is 0.913. The Bertz CT molecular complexity index is 490. The van der Waals surface area contributed by atoms with Crippen LogP contribution in [-0.2, 0) is 10.2 Å². The van der Waals surface area contributed by atoms with Crippen molar-refractivity contribution < 1.29 is 14.6 Å². The summed E-state index contributed by atoms with van der Waals surface area (Å²) >= 11 is 6.20. The number of hydrogen-bond acceptors (Lipinski definition) is 2. The van der Waals surface area contributed by atoms with Crippen LogP contribution in [0.4, 0.5) is 0 Å². The van der Waals surface area contributed by atoms with E-state index in [9.17, 15) is 9.90 Å². The molecule has 1 fully saturated rings. The Morgan fingerprint density at radius 1 is 1.32 bits per heavy atom. The maximum atomic E-state index is 11.9. The predicted octanol–water partition coefficient (Wildman–Crippen LogP) is 3.94. The number of hydrogen-bond donors (Lipinski definition) is 1. The first-order chi connectivity index (χ1) is 9.01. The largest absolute Gasteiger partial charge is 0.495 e. The van der Waals surface area contributed by atoms with Crippen LogP contribution in [0, 0.1) is 6.92 Å². The molecule has 0 saturated heterocycles. The summed E-state index contributed by atoms with van der Waals surface area (Å²) < 4.78 is 5.36. The molecule has 0 aromatic heterocycles. The summed E-state index contributed by atoms with van der Waals surface area (Å²) in [5.74, 6) is -0.260. The second-order valence-electron chi connectivity index (χ2n) is 5.28. The normalized spacial score (nSPS) is 18.1. The Kier molecular flexibility index (Phi) is 4.04. The van der Waals surface area contributed by atoms with Gasteiger partial charge in [0, 0.05) is 5.56 Å². The SMILES string of the molecule is COc1c(Cl)cc(C)cc1C1(C(=O)O)CCCCC1. The maximum Gasteiger partial charge on any atom is 0.314 e. The predicted molar refractivity (Wildman–Crippen MR) is 75.1 cm³/mol. The van der Waals surface area contributed by atoms with E-state index in [0.717, 1.165) is 30.4 Å². The number of benzene rings is 1. The molecule has 4 heteroatoms. The fourth-order valence-electron chi connectivity index (χ4n) is 3.05. The third kappa shape index (κ3) is 2.44. The van der Waals surface area contributed by atoms with Crippen molar-refractivity contribution in [2.75, 3.05) is 7.11 Å². The molecule has 0 heterocycles. The highest BCUT2D eigenvalue weighted by Crippen LogP contribution is 2.46. The van der Waals surface area contributed by atoms with E-state index in [2.05, 4.69) is 0 Å². The van der Waals surface area contributed by atoms with Gasteiger partial charge in [0.2, 0.25) is 0 Å². The van der Waals surface area contributed by atoms with Gasteiger partial charge in [0.15, 0.2) is 0 Å². The highest BCUT2D eigenvalue weighted by Gasteiger charge is 2.43. The molecule has 19 heavy (non-hydrogen) atoms. The smallest absolute Gasteiger partial charge is 0.314 e. The lowest BCUT2D eigenvalue weighted by Crippen LogP contribution is -2.38.